The molecule has 0 aliphatic carbocycles. The number of amides is 1. The smallest absolute Gasteiger partial charge is 0.264 e. The Labute approximate surface area is 231 Å². The molecule has 12 heteroatoms. The van der Waals surface area contributed by atoms with E-state index in [4.69, 9.17) is 23.5 Å². The molecule has 2 aromatic heterocycles. The molecular formula is C28H23F2N3O6S. The number of carbonyl (C=O) groups is 1. The highest BCUT2D eigenvalue weighted by atomic mass is 32.1. The summed E-state index contributed by atoms with van der Waals surface area (Å²) in [6.07, 6.45) is 0. The number of nitrogens with zero attached hydrogens (tertiary/aromatic N) is 2. The van der Waals surface area contributed by atoms with Crippen LogP contribution in [0.25, 0.3) is 32.8 Å². The molecule has 5 aromatic rings. The van der Waals surface area contributed by atoms with Crippen LogP contribution in [-0.4, -0.2) is 44.0 Å². The van der Waals surface area contributed by atoms with Gasteiger partial charge in [0, 0.05) is 23.3 Å². The van der Waals surface area contributed by atoms with Gasteiger partial charge in [-0.1, -0.05) is 28.6 Å². The number of aromatic nitrogens is 2. The van der Waals surface area contributed by atoms with Crippen molar-refractivity contribution in [3.05, 3.63) is 65.7 Å². The Bertz CT molecular complexity index is 1650. The molecule has 0 aliphatic heterocycles. The van der Waals surface area contributed by atoms with E-state index in [2.05, 4.69) is 15.5 Å². The highest BCUT2D eigenvalue weighted by molar-refractivity contribution is 7.22. The van der Waals surface area contributed by atoms with Crippen molar-refractivity contribution in [1.29, 1.82) is 0 Å². The summed E-state index contributed by atoms with van der Waals surface area (Å²) < 4.78 is 54.9. The third kappa shape index (κ3) is 5.38. The first-order chi connectivity index (χ1) is 19.3. The quantitative estimate of drug-likeness (QED) is 0.223. The number of fused-ring (bicyclic) bond motifs is 1. The molecule has 0 unspecified atom stereocenters. The zero-order chi connectivity index (χ0) is 28.4. The summed E-state index contributed by atoms with van der Waals surface area (Å²) in [5.41, 5.74) is 2.98. The first-order valence-electron chi connectivity index (χ1n) is 11.9. The standard InChI is InChI=1S/C28H23F2N3O6S/c1-14-5-6-15(22-12-19(33-39-22)16-8-23(35-2)27(37-4)24(9-16)36-3)7-21(14)38-13-26(34)32-28-31-20-10-17(29)18(30)11-25(20)40-28/h5-12H,13H2,1-4H3,(H,31,32,34). The molecule has 2 heterocycles. The lowest BCUT2D eigenvalue weighted by molar-refractivity contribution is -0.118. The van der Waals surface area contributed by atoms with Crippen molar-refractivity contribution in [1.82, 2.24) is 10.1 Å². The summed E-state index contributed by atoms with van der Waals surface area (Å²) in [5, 5.41) is 6.99. The maximum atomic E-state index is 13.5. The van der Waals surface area contributed by atoms with E-state index < -0.39 is 17.5 Å². The van der Waals surface area contributed by atoms with Gasteiger partial charge in [-0.15, -0.1) is 0 Å². The number of anilines is 1. The fraction of sp³-hybridized carbons (Fsp3) is 0.179. The maximum Gasteiger partial charge on any atom is 0.264 e. The highest BCUT2D eigenvalue weighted by Gasteiger charge is 2.18. The first kappa shape index (κ1) is 26.9. The second kappa shape index (κ2) is 11.2. The lowest BCUT2D eigenvalue weighted by Crippen LogP contribution is -2.20. The minimum absolute atomic E-state index is 0.208. The molecular weight excluding hydrogens is 544 g/mol. The molecule has 40 heavy (non-hydrogen) atoms. The molecule has 0 radical (unpaired) electrons. The Morgan fingerprint density at radius 1 is 0.925 bits per heavy atom. The van der Waals surface area contributed by atoms with Gasteiger partial charge in [0.15, 0.2) is 40.6 Å². The second-order valence-electron chi connectivity index (χ2n) is 8.56. The largest absolute Gasteiger partial charge is 0.493 e. The molecule has 5 rings (SSSR count). The zero-order valence-corrected chi connectivity index (χ0v) is 22.7. The molecule has 1 N–H and O–H groups in total. The lowest BCUT2D eigenvalue weighted by atomic mass is 10.1. The van der Waals surface area contributed by atoms with Crippen molar-refractivity contribution in [2.75, 3.05) is 33.3 Å². The van der Waals surface area contributed by atoms with Crippen LogP contribution in [0.4, 0.5) is 13.9 Å². The van der Waals surface area contributed by atoms with E-state index in [-0.39, 0.29) is 17.3 Å². The molecule has 0 atom stereocenters. The number of ether oxygens (including phenoxy) is 4. The molecule has 0 saturated carbocycles. The normalized spacial score (nSPS) is 10.9. The zero-order valence-electron chi connectivity index (χ0n) is 21.8. The van der Waals surface area contributed by atoms with Gasteiger partial charge < -0.3 is 23.5 Å². The highest BCUT2D eigenvalue weighted by Crippen LogP contribution is 2.41. The number of aryl methyl sites for hydroxylation is 1. The Balaban J connectivity index is 1.30. The number of halogens is 2. The van der Waals surface area contributed by atoms with Crippen LogP contribution >= 0.6 is 11.3 Å². The molecule has 0 spiro atoms. The summed E-state index contributed by atoms with van der Waals surface area (Å²) in [6.45, 7) is 1.53. The predicted molar refractivity (Wildman–Crippen MR) is 145 cm³/mol. The first-order valence-corrected chi connectivity index (χ1v) is 12.7. The van der Waals surface area contributed by atoms with Gasteiger partial charge in [0.05, 0.1) is 31.5 Å². The molecule has 0 fully saturated rings. The minimum Gasteiger partial charge on any atom is -0.493 e. The van der Waals surface area contributed by atoms with E-state index >= 15 is 0 Å². The van der Waals surface area contributed by atoms with Crippen molar-refractivity contribution in [3.63, 3.8) is 0 Å². The average Bonchev–Trinajstić information content (AvgIpc) is 3.59. The molecule has 0 bridgehead atoms. The third-order valence-electron chi connectivity index (χ3n) is 5.98. The average molecular weight is 568 g/mol. The van der Waals surface area contributed by atoms with Gasteiger partial charge in [-0.3, -0.25) is 10.1 Å². The van der Waals surface area contributed by atoms with Crippen molar-refractivity contribution in [2.45, 2.75) is 6.92 Å². The monoisotopic (exact) mass is 567 g/mol. The number of hydrogen-bond acceptors (Lipinski definition) is 9. The van der Waals surface area contributed by atoms with Gasteiger partial charge in [0.1, 0.15) is 11.4 Å². The SMILES string of the molecule is COc1cc(-c2cc(-c3ccc(C)c(OCC(=O)Nc4nc5cc(F)c(F)cc5s4)c3)on2)cc(OC)c1OC. The van der Waals surface area contributed by atoms with E-state index in [9.17, 15) is 13.6 Å². The van der Waals surface area contributed by atoms with Gasteiger partial charge in [0.25, 0.3) is 5.91 Å². The third-order valence-corrected chi connectivity index (χ3v) is 6.91. The van der Waals surface area contributed by atoms with Crippen LogP contribution in [0.1, 0.15) is 5.56 Å². The van der Waals surface area contributed by atoms with E-state index in [1.54, 1.807) is 24.3 Å². The van der Waals surface area contributed by atoms with E-state index in [0.29, 0.717) is 50.3 Å². The molecule has 206 valence electrons. The maximum absolute atomic E-state index is 13.5. The minimum atomic E-state index is -1.00. The number of methoxy groups -OCH3 is 3. The van der Waals surface area contributed by atoms with Crippen LogP contribution < -0.4 is 24.3 Å². The van der Waals surface area contributed by atoms with Crippen LogP contribution in [0.5, 0.6) is 23.0 Å². The Morgan fingerprint density at radius 2 is 1.62 bits per heavy atom. The number of benzene rings is 3. The van der Waals surface area contributed by atoms with Crippen LogP contribution in [-0.2, 0) is 4.79 Å². The van der Waals surface area contributed by atoms with Gasteiger partial charge in [-0.05, 0) is 36.8 Å². The molecule has 9 nitrogen and oxygen atoms in total. The van der Waals surface area contributed by atoms with Crippen LogP contribution in [0.3, 0.4) is 0 Å². The van der Waals surface area contributed by atoms with Gasteiger partial charge in [-0.2, -0.15) is 0 Å². The fourth-order valence-electron chi connectivity index (χ4n) is 3.96. The van der Waals surface area contributed by atoms with Gasteiger partial charge in [-0.25, -0.2) is 13.8 Å². The number of thiazole rings is 1. The number of hydrogen-bond donors (Lipinski definition) is 1. The summed E-state index contributed by atoms with van der Waals surface area (Å²) in [4.78, 5) is 16.6. The number of carbonyl (C=O) groups excluding carboxylic acids is 1. The number of nitrogens with one attached hydrogen (secondary N) is 1. The predicted octanol–water partition coefficient (Wildman–Crippen LogP) is 6.25. The fourth-order valence-corrected chi connectivity index (χ4v) is 4.85. The van der Waals surface area contributed by atoms with E-state index in [1.807, 2.05) is 19.1 Å². The topological polar surface area (TPSA) is 105 Å². The van der Waals surface area contributed by atoms with Crippen molar-refractivity contribution in [3.8, 4) is 45.6 Å². The van der Waals surface area contributed by atoms with Crippen molar-refractivity contribution >= 4 is 32.6 Å². The summed E-state index contributed by atoms with van der Waals surface area (Å²) in [5.74, 6) is -0.0840. The van der Waals surface area contributed by atoms with E-state index in [1.165, 1.54) is 21.3 Å². The molecule has 3 aromatic carbocycles. The Kier molecular flexibility index (Phi) is 7.52. The van der Waals surface area contributed by atoms with Gasteiger partial charge in [0.2, 0.25) is 5.75 Å². The summed E-state index contributed by atoms with van der Waals surface area (Å²) in [6, 6.07) is 12.7. The van der Waals surface area contributed by atoms with Gasteiger partial charge >= 0.3 is 0 Å². The second-order valence-corrected chi connectivity index (χ2v) is 9.59. The summed E-state index contributed by atoms with van der Waals surface area (Å²) in [7, 11) is 4.59. The lowest BCUT2D eigenvalue weighted by Gasteiger charge is -2.13. The van der Waals surface area contributed by atoms with Crippen LogP contribution in [0, 0.1) is 18.6 Å². The molecule has 1 amide bonds. The Morgan fingerprint density at radius 3 is 2.33 bits per heavy atom. The van der Waals surface area contributed by atoms with Crippen molar-refractivity contribution < 1.29 is 37.0 Å². The molecule has 0 aliphatic rings. The Hall–Kier alpha value is -4.71. The van der Waals surface area contributed by atoms with Crippen LogP contribution in [0.15, 0.2) is 53.1 Å². The molecule has 0 saturated heterocycles. The van der Waals surface area contributed by atoms with Crippen molar-refractivity contribution in [2.24, 2.45) is 0 Å². The summed E-state index contributed by atoms with van der Waals surface area (Å²) >= 11 is 1.03. The number of rotatable bonds is 9. The van der Waals surface area contributed by atoms with Crippen LogP contribution in [0.2, 0.25) is 0 Å². The van der Waals surface area contributed by atoms with E-state index in [0.717, 1.165) is 29.0 Å².